The first kappa shape index (κ1) is 36.0. The minimum atomic E-state index is -1.53. The number of hydrogen-bond acceptors (Lipinski definition) is 5. The van der Waals surface area contributed by atoms with Crippen molar-refractivity contribution in [1.29, 1.82) is 0 Å². The smallest absolute Gasteiger partial charge is 0.326 e. The molecule has 1 fully saturated rings. The molecule has 0 saturated carbocycles. The highest BCUT2D eigenvalue weighted by Crippen LogP contribution is 2.62. The molecule has 3 atom stereocenters. The number of nitrogens with zero attached hydrogens (tertiary/aromatic N) is 2. The Labute approximate surface area is 293 Å². The SMILES string of the molecule is Cc1ccc(F)cc1[C@H]1CC(=O)N(CC(=O)OC(C)(C)C)[C@@H](c2cccc(Cl)c2)[C@]12C(=O)N(COCC[Si](C)(C)C)c1cc(Cl)ccc12. The number of amides is 2. The molecule has 0 radical (unpaired) electrons. The molecule has 256 valence electrons. The minimum Gasteiger partial charge on any atom is -0.459 e. The van der Waals surface area contributed by atoms with Crippen LogP contribution in [0.3, 0.4) is 0 Å². The predicted octanol–water partition coefficient (Wildman–Crippen LogP) is 8.44. The van der Waals surface area contributed by atoms with Gasteiger partial charge in [0.2, 0.25) is 11.8 Å². The van der Waals surface area contributed by atoms with Crippen LogP contribution in [0, 0.1) is 12.7 Å². The third kappa shape index (κ3) is 7.20. The summed E-state index contributed by atoms with van der Waals surface area (Å²) in [5.41, 5.74) is 0.617. The number of hydrogen-bond donors (Lipinski definition) is 0. The van der Waals surface area contributed by atoms with Crippen molar-refractivity contribution < 1.29 is 28.2 Å². The molecular formula is C37H43Cl2FN2O5Si. The maximum absolute atomic E-state index is 15.5. The highest BCUT2D eigenvalue weighted by Gasteiger charge is 2.65. The van der Waals surface area contributed by atoms with E-state index in [0.717, 1.165) is 11.6 Å². The van der Waals surface area contributed by atoms with Crippen LogP contribution in [0.1, 0.15) is 61.4 Å². The van der Waals surface area contributed by atoms with Gasteiger partial charge in [-0.05, 0) is 92.4 Å². The number of piperidine rings is 1. The van der Waals surface area contributed by atoms with Crippen molar-refractivity contribution in [3.63, 3.8) is 0 Å². The topological polar surface area (TPSA) is 76.2 Å². The second-order valence-electron chi connectivity index (χ2n) is 14.9. The van der Waals surface area contributed by atoms with Crippen molar-refractivity contribution in [3.8, 4) is 0 Å². The predicted molar refractivity (Wildman–Crippen MR) is 190 cm³/mol. The zero-order valence-electron chi connectivity index (χ0n) is 28.5. The Balaban J connectivity index is 1.78. The van der Waals surface area contributed by atoms with Gasteiger partial charge in [-0.15, -0.1) is 0 Å². The van der Waals surface area contributed by atoms with Crippen LogP contribution in [0.4, 0.5) is 10.1 Å². The molecule has 1 saturated heterocycles. The van der Waals surface area contributed by atoms with E-state index in [0.29, 0.717) is 39.0 Å². The van der Waals surface area contributed by atoms with Gasteiger partial charge in [0.05, 0.1) is 11.7 Å². The van der Waals surface area contributed by atoms with Crippen LogP contribution >= 0.6 is 23.2 Å². The lowest BCUT2D eigenvalue weighted by Gasteiger charge is -2.52. The number of fused-ring (bicyclic) bond motifs is 2. The maximum atomic E-state index is 15.5. The lowest BCUT2D eigenvalue weighted by Crippen LogP contribution is -2.60. The van der Waals surface area contributed by atoms with Gasteiger partial charge in [-0.3, -0.25) is 19.3 Å². The first-order valence-electron chi connectivity index (χ1n) is 16.1. The summed E-state index contributed by atoms with van der Waals surface area (Å²) >= 11 is 13.1. The Morgan fingerprint density at radius 3 is 2.40 bits per heavy atom. The van der Waals surface area contributed by atoms with Gasteiger partial charge in [0.1, 0.15) is 30.1 Å². The number of halogens is 3. The first-order chi connectivity index (χ1) is 22.4. The highest BCUT2D eigenvalue weighted by molar-refractivity contribution is 6.76. The number of carbonyl (C=O) groups is 3. The van der Waals surface area contributed by atoms with Crippen LogP contribution in [-0.2, 0) is 29.3 Å². The number of likely N-dealkylation sites (tertiary alicyclic amines) is 1. The van der Waals surface area contributed by atoms with Crippen molar-refractivity contribution in [1.82, 2.24) is 4.90 Å². The second kappa shape index (κ2) is 13.6. The number of anilines is 1. The summed E-state index contributed by atoms with van der Waals surface area (Å²) in [4.78, 5) is 46.3. The molecule has 0 bridgehead atoms. The molecule has 0 unspecified atom stereocenters. The van der Waals surface area contributed by atoms with Gasteiger partial charge in [0, 0.05) is 37.1 Å². The zero-order chi connectivity index (χ0) is 35.2. The van der Waals surface area contributed by atoms with E-state index >= 15 is 9.18 Å². The molecule has 0 aliphatic carbocycles. The molecule has 1 spiro atoms. The molecule has 3 aromatic carbocycles. The van der Waals surface area contributed by atoms with Gasteiger partial charge in [0.25, 0.3) is 0 Å². The minimum absolute atomic E-state index is 0.0461. The van der Waals surface area contributed by atoms with E-state index in [1.54, 1.807) is 74.2 Å². The van der Waals surface area contributed by atoms with Crippen LogP contribution in [-0.4, -0.2) is 56.2 Å². The van der Waals surface area contributed by atoms with Crippen molar-refractivity contribution in [2.45, 2.75) is 82.8 Å². The fraction of sp³-hybridized carbons (Fsp3) is 0.432. The van der Waals surface area contributed by atoms with Crippen LogP contribution in [0.25, 0.3) is 0 Å². The fourth-order valence-electron chi connectivity index (χ4n) is 6.98. The lowest BCUT2D eigenvalue weighted by molar-refractivity contribution is -0.164. The van der Waals surface area contributed by atoms with E-state index < -0.39 is 49.4 Å². The summed E-state index contributed by atoms with van der Waals surface area (Å²) in [5, 5.41) is 0.811. The summed E-state index contributed by atoms with van der Waals surface area (Å²) in [6, 6.07) is 16.5. The van der Waals surface area contributed by atoms with Gasteiger partial charge < -0.3 is 14.4 Å². The average Bonchev–Trinajstić information content (AvgIpc) is 3.19. The van der Waals surface area contributed by atoms with E-state index in [9.17, 15) is 9.59 Å². The second-order valence-corrected chi connectivity index (χ2v) is 21.4. The molecule has 3 aromatic rings. The van der Waals surface area contributed by atoms with Crippen molar-refractivity contribution in [2.24, 2.45) is 0 Å². The normalized spacial score (nSPS) is 21.2. The standard InChI is InChI=1S/C37H43Cl2FN2O5Si/c1-23-11-13-27(40)19-28(23)30-20-32(43)41(21-33(44)47-36(2,3)4)34(24-9-8-10-25(38)17-24)37(30)29-14-12-26(39)18-31(29)42(35(37)45)22-46-15-16-48(5,6)7/h8-14,17-19,30,34H,15-16,20-22H2,1-7H3/t30-,34+,37-/m1/s1. The Morgan fingerprint density at radius 2 is 1.73 bits per heavy atom. The van der Waals surface area contributed by atoms with Gasteiger partial charge in [-0.2, -0.15) is 0 Å². The van der Waals surface area contributed by atoms with Crippen molar-refractivity contribution in [2.75, 3.05) is 24.8 Å². The molecule has 2 aliphatic heterocycles. The summed E-state index contributed by atoms with van der Waals surface area (Å²) in [5.74, 6) is -2.64. The van der Waals surface area contributed by atoms with E-state index in [1.165, 1.54) is 17.0 Å². The molecule has 48 heavy (non-hydrogen) atoms. The molecule has 7 nitrogen and oxygen atoms in total. The van der Waals surface area contributed by atoms with E-state index in [4.69, 9.17) is 32.7 Å². The highest BCUT2D eigenvalue weighted by atomic mass is 35.5. The quantitative estimate of drug-likeness (QED) is 0.126. The number of esters is 1. The Bertz CT molecular complexity index is 1740. The van der Waals surface area contributed by atoms with Crippen LogP contribution in [0.15, 0.2) is 60.7 Å². The van der Waals surface area contributed by atoms with Crippen LogP contribution < -0.4 is 4.90 Å². The van der Waals surface area contributed by atoms with E-state index in [-0.39, 0.29) is 25.0 Å². The maximum Gasteiger partial charge on any atom is 0.326 e. The molecular weight excluding hydrogens is 670 g/mol. The number of rotatable bonds is 9. The number of aryl methyl sites for hydroxylation is 1. The molecule has 0 aromatic heterocycles. The molecule has 2 amide bonds. The van der Waals surface area contributed by atoms with Gasteiger partial charge in [0.15, 0.2) is 0 Å². The summed E-state index contributed by atoms with van der Waals surface area (Å²) in [6.45, 7) is 13.9. The number of carbonyl (C=O) groups excluding carboxylic acids is 3. The summed E-state index contributed by atoms with van der Waals surface area (Å²) in [7, 11) is -1.43. The number of ether oxygens (including phenoxy) is 2. The van der Waals surface area contributed by atoms with Crippen LogP contribution in [0.2, 0.25) is 35.7 Å². The van der Waals surface area contributed by atoms with Crippen LogP contribution in [0.5, 0.6) is 0 Å². The first-order valence-corrected chi connectivity index (χ1v) is 20.6. The fourth-order valence-corrected chi connectivity index (χ4v) is 8.10. The summed E-state index contributed by atoms with van der Waals surface area (Å²) < 4.78 is 26.9. The Hall–Kier alpha value is -3.24. The van der Waals surface area contributed by atoms with Gasteiger partial charge in [-0.1, -0.05) is 67.1 Å². The molecule has 2 heterocycles. The van der Waals surface area contributed by atoms with E-state index in [2.05, 4.69) is 19.6 Å². The largest absolute Gasteiger partial charge is 0.459 e. The lowest BCUT2D eigenvalue weighted by atomic mass is 9.58. The van der Waals surface area contributed by atoms with Crippen molar-refractivity contribution in [3.05, 3.63) is 98.8 Å². The van der Waals surface area contributed by atoms with Gasteiger partial charge in [-0.25, -0.2) is 4.39 Å². The molecule has 0 N–H and O–H groups in total. The average molecular weight is 714 g/mol. The third-order valence-corrected chi connectivity index (χ3v) is 11.2. The number of benzene rings is 3. The Morgan fingerprint density at radius 1 is 1.02 bits per heavy atom. The van der Waals surface area contributed by atoms with E-state index in [1.807, 2.05) is 6.92 Å². The molecule has 11 heteroatoms. The zero-order valence-corrected chi connectivity index (χ0v) is 31.0. The Kier molecular flexibility index (Phi) is 10.2. The van der Waals surface area contributed by atoms with Crippen molar-refractivity contribution >= 4 is 54.7 Å². The monoisotopic (exact) mass is 712 g/mol. The molecule has 2 aliphatic rings. The third-order valence-electron chi connectivity index (χ3n) is 9.00. The summed E-state index contributed by atoms with van der Waals surface area (Å²) in [6.07, 6.45) is -0.164. The van der Waals surface area contributed by atoms with Gasteiger partial charge >= 0.3 is 5.97 Å². The molecule has 5 rings (SSSR count).